The van der Waals surface area contributed by atoms with E-state index in [1.165, 1.54) is 5.69 Å². The first-order valence-electron chi connectivity index (χ1n) is 8.03. The maximum Gasteiger partial charge on any atom is 0.231 e. The Kier molecular flexibility index (Phi) is 4.81. The standard InChI is InChI=1S/C19H22N2O2/c1-3-21(4-2)17-8-5-15(6-9-17)12-20-13-16-7-10-18-19(11-16)23-14-22-18/h5-12H,3-4,13-14H2,1-2H3. The molecule has 0 spiro atoms. The summed E-state index contributed by atoms with van der Waals surface area (Å²) in [5, 5.41) is 0. The molecule has 0 radical (unpaired) electrons. The summed E-state index contributed by atoms with van der Waals surface area (Å²) in [4.78, 5) is 6.84. The number of aliphatic imine (C=N–C) groups is 1. The van der Waals surface area contributed by atoms with E-state index in [2.05, 4.69) is 48.0 Å². The normalized spacial score (nSPS) is 12.8. The summed E-state index contributed by atoms with van der Waals surface area (Å²) in [6.45, 7) is 7.33. The van der Waals surface area contributed by atoms with Gasteiger partial charge in [0.05, 0.1) is 6.54 Å². The molecule has 0 bridgehead atoms. The Labute approximate surface area is 137 Å². The highest BCUT2D eigenvalue weighted by Crippen LogP contribution is 2.32. The summed E-state index contributed by atoms with van der Waals surface area (Å²) in [6.07, 6.45) is 1.91. The van der Waals surface area contributed by atoms with Gasteiger partial charge in [0.2, 0.25) is 6.79 Å². The molecular formula is C19H22N2O2. The molecule has 1 heterocycles. The lowest BCUT2D eigenvalue weighted by Crippen LogP contribution is -2.21. The highest BCUT2D eigenvalue weighted by molar-refractivity contribution is 5.80. The van der Waals surface area contributed by atoms with Gasteiger partial charge in [0, 0.05) is 25.0 Å². The molecule has 4 nitrogen and oxygen atoms in total. The predicted octanol–water partition coefficient (Wildman–Crippen LogP) is 3.88. The van der Waals surface area contributed by atoms with Crippen molar-refractivity contribution < 1.29 is 9.47 Å². The first kappa shape index (κ1) is 15.4. The highest BCUT2D eigenvalue weighted by atomic mass is 16.7. The molecule has 4 heteroatoms. The number of benzene rings is 2. The molecule has 1 aliphatic rings. The highest BCUT2D eigenvalue weighted by Gasteiger charge is 2.12. The van der Waals surface area contributed by atoms with E-state index < -0.39 is 0 Å². The molecule has 3 rings (SSSR count). The fourth-order valence-corrected chi connectivity index (χ4v) is 2.66. The molecule has 0 aliphatic carbocycles. The lowest BCUT2D eigenvalue weighted by atomic mass is 10.2. The summed E-state index contributed by atoms with van der Waals surface area (Å²) < 4.78 is 10.7. The molecule has 0 saturated carbocycles. The average Bonchev–Trinajstić information content (AvgIpc) is 3.05. The largest absolute Gasteiger partial charge is 0.454 e. The summed E-state index contributed by atoms with van der Waals surface area (Å²) in [6, 6.07) is 14.5. The Hall–Kier alpha value is -2.49. The molecular weight excluding hydrogens is 288 g/mol. The van der Waals surface area contributed by atoms with Crippen LogP contribution in [0.25, 0.3) is 0 Å². The Morgan fingerprint density at radius 3 is 2.48 bits per heavy atom. The Balaban J connectivity index is 1.62. The fraction of sp³-hybridized carbons (Fsp3) is 0.316. The topological polar surface area (TPSA) is 34.1 Å². The molecule has 0 aromatic heterocycles. The minimum Gasteiger partial charge on any atom is -0.454 e. The average molecular weight is 310 g/mol. The molecule has 1 aliphatic heterocycles. The van der Waals surface area contributed by atoms with Crippen molar-refractivity contribution in [3.05, 3.63) is 53.6 Å². The Morgan fingerprint density at radius 1 is 1.00 bits per heavy atom. The number of hydrogen-bond donors (Lipinski definition) is 0. The van der Waals surface area contributed by atoms with Crippen molar-refractivity contribution in [2.75, 3.05) is 24.8 Å². The summed E-state index contributed by atoms with van der Waals surface area (Å²) >= 11 is 0. The predicted molar refractivity (Wildman–Crippen MR) is 93.9 cm³/mol. The van der Waals surface area contributed by atoms with Crippen LogP contribution in [0.3, 0.4) is 0 Å². The van der Waals surface area contributed by atoms with Crippen LogP contribution in [0.2, 0.25) is 0 Å². The van der Waals surface area contributed by atoms with Gasteiger partial charge in [0.25, 0.3) is 0 Å². The van der Waals surface area contributed by atoms with Gasteiger partial charge in [-0.25, -0.2) is 0 Å². The van der Waals surface area contributed by atoms with Gasteiger partial charge in [-0.15, -0.1) is 0 Å². The maximum absolute atomic E-state index is 5.38. The van der Waals surface area contributed by atoms with E-state index in [1.807, 2.05) is 24.4 Å². The number of ether oxygens (including phenoxy) is 2. The van der Waals surface area contributed by atoms with E-state index in [0.717, 1.165) is 35.7 Å². The molecule has 2 aromatic rings. The van der Waals surface area contributed by atoms with Crippen molar-refractivity contribution in [2.45, 2.75) is 20.4 Å². The van der Waals surface area contributed by atoms with Gasteiger partial charge < -0.3 is 14.4 Å². The van der Waals surface area contributed by atoms with Crippen LogP contribution in [0, 0.1) is 0 Å². The second-order valence-electron chi connectivity index (χ2n) is 5.42. The van der Waals surface area contributed by atoms with Crippen molar-refractivity contribution >= 4 is 11.9 Å². The van der Waals surface area contributed by atoms with Crippen molar-refractivity contribution in [3.63, 3.8) is 0 Å². The zero-order chi connectivity index (χ0) is 16.1. The Bertz CT molecular complexity index is 676. The SMILES string of the molecule is CCN(CC)c1ccc(C=NCc2ccc3c(c2)OCO3)cc1. The van der Waals surface area contributed by atoms with E-state index in [1.54, 1.807) is 0 Å². The van der Waals surface area contributed by atoms with Crippen LogP contribution in [0.1, 0.15) is 25.0 Å². The van der Waals surface area contributed by atoms with Gasteiger partial charge in [-0.2, -0.15) is 0 Å². The number of nitrogens with zero attached hydrogens (tertiary/aromatic N) is 2. The van der Waals surface area contributed by atoms with Crippen LogP contribution in [-0.2, 0) is 6.54 Å². The third kappa shape index (κ3) is 3.65. The van der Waals surface area contributed by atoms with Crippen molar-refractivity contribution in [1.29, 1.82) is 0 Å². The van der Waals surface area contributed by atoms with E-state index in [4.69, 9.17) is 9.47 Å². The van der Waals surface area contributed by atoms with Crippen molar-refractivity contribution in [2.24, 2.45) is 4.99 Å². The monoisotopic (exact) mass is 310 g/mol. The van der Waals surface area contributed by atoms with E-state index in [0.29, 0.717) is 13.3 Å². The minimum absolute atomic E-state index is 0.306. The third-order valence-electron chi connectivity index (χ3n) is 3.97. The van der Waals surface area contributed by atoms with Gasteiger partial charge >= 0.3 is 0 Å². The summed E-state index contributed by atoms with van der Waals surface area (Å²) in [7, 11) is 0. The van der Waals surface area contributed by atoms with Crippen molar-refractivity contribution in [1.82, 2.24) is 0 Å². The lowest BCUT2D eigenvalue weighted by Gasteiger charge is -2.20. The second kappa shape index (κ2) is 7.18. The molecule has 0 atom stereocenters. The second-order valence-corrected chi connectivity index (χ2v) is 5.42. The molecule has 0 unspecified atom stereocenters. The first-order valence-corrected chi connectivity index (χ1v) is 8.03. The molecule has 0 N–H and O–H groups in total. The molecule has 120 valence electrons. The number of hydrogen-bond acceptors (Lipinski definition) is 4. The lowest BCUT2D eigenvalue weighted by molar-refractivity contribution is 0.174. The molecule has 0 saturated heterocycles. The quantitative estimate of drug-likeness (QED) is 0.759. The van der Waals surface area contributed by atoms with Gasteiger partial charge in [-0.3, -0.25) is 4.99 Å². The fourth-order valence-electron chi connectivity index (χ4n) is 2.66. The van der Waals surface area contributed by atoms with Crippen LogP contribution in [-0.4, -0.2) is 26.1 Å². The Morgan fingerprint density at radius 2 is 1.74 bits per heavy atom. The maximum atomic E-state index is 5.38. The van der Waals surface area contributed by atoms with Crippen LogP contribution in [0.5, 0.6) is 11.5 Å². The number of anilines is 1. The van der Waals surface area contributed by atoms with Gasteiger partial charge in [0.1, 0.15) is 0 Å². The number of rotatable bonds is 6. The molecule has 0 amide bonds. The zero-order valence-corrected chi connectivity index (χ0v) is 13.7. The van der Waals surface area contributed by atoms with E-state index in [-0.39, 0.29) is 0 Å². The van der Waals surface area contributed by atoms with Crippen LogP contribution < -0.4 is 14.4 Å². The summed E-state index contributed by atoms with van der Waals surface area (Å²) in [5.74, 6) is 1.62. The molecule has 0 fully saturated rings. The number of fused-ring (bicyclic) bond motifs is 1. The van der Waals surface area contributed by atoms with Crippen LogP contribution >= 0.6 is 0 Å². The molecule has 23 heavy (non-hydrogen) atoms. The third-order valence-corrected chi connectivity index (χ3v) is 3.97. The van der Waals surface area contributed by atoms with Gasteiger partial charge in [-0.1, -0.05) is 18.2 Å². The summed E-state index contributed by atoms with van der Waals surface area (Å²) in [5.41, 5.74) is 3.48. The van der Waals surface area contributed by atoms with E-state index >= 15 is 0 Å². The first-order chi connectivity index (χ1) is 11.3. The van der Waals surface area contributed by atoms with Gasteiger partial charge in [-0.05, 0) is 49.2 Å². The zero-order valence-electron chi connectivity index (χ0n) is 13.7. The molecule has 2 aromatic carbocycles. The van der Waals surface area contributed by atoms with Crippen LogP contribution in [0.15, 0.2) is 47.5 Å². The van der Waals surface area contributed by atoms with Gasteiger partial charge in [0.15, 0.2) is 11.5 Å². The minimum atomic E-state index is 0.306. The van der Waals surface area contributed by atoms with E-state index in [9.17, 15) is 0 Å². The van der Waals surface area contributed by atoms with Crippen molar-refractivity contribution in [3.8, 4) is 11.5 Å². The smallest absolute Gasteiger partial charge is 0.231 e. The van der Waals surface area contributed by atoms with Crippen LogP contribution in [0.4, 0.5) is 5.69 Å².